The van der Waals surface area contributed by atoms with E-state index in [9.17, 15) is 13.2 Å². The van der Waals surface area contributed by atoms with Crippen molar-refractivity contribution >= 4 is 21.6 Å². The number of sulfonamides is 1. The smallest absolute Gasteiger partial charge is 0.232 e. The molecule has 22 heavy (non-hydrogen) atoms. The first kappa shape index (κ1) is 18.5. The molecule has 0 radical (unpaired) electrons. The Morgan fingerprint density at radius 2 is 1.91 bits per heavy atom. The SMILES string of the molecule is CCCCCNC(=O)CCN(c1ccccc1C)S(C)(=O)=O. The zero-order chi connectivity index (χ0) is 16.6. The van der Waals surface area contributed by atoms with Crippen molar-refractivity contribution in [2.24, 2.45) is 0 Å². The fraction of sp³-hybridized carbons (Fsp3) is 0.562. The molecule has 1 aromatic carbocycles. The van der Waals surface area contributed by atoms with Crippen LogP contribution in [-0.2, 0) is 14.8 Å². The fourth-order valence-corrected chi connectivity index (χ4v) is 3.19. The fourth-order valence-electron chi connectivity index (χ4n) is 2.20. The van der Waals surface area contributed by atoms with Gasteiger partial charge in [0.1, 0.15) is 0 Å². The Morgan fingerprint density at radius 3 is 2.50 bits per heavy atom. The lowest BCUT2D eigenvalue weighted by atomic mass is 10.2. The quantitative estimate of drug-likeness (QED) is 0.709. The zero-order valence-electron chi connectivity index (χ0n) is 13.6. The van der Waals surface area contributed by atoms with Gasteiger partial charge in [-0.05, 0) is 25.0 Å². The number of nitrogens with one attached hydrogen (secondary N) is 1. The Morgan fingerprint density at radius 1 is 1.23 bits per heavy atom. The van der Waals surface area contributed by atoms with Crippen LogP contribution < -0.4 is 9.62 Å². The van der Waals surface area contributed by atoms with Gasteiger partial charge in [-0.1, -0.05) is 38.0 Å². The minimum Gasteiger partial charge on any atom is -0.356 e. The zero-order valence-corrected chi connectivity index (χ0v) is 14.4. The van der Waals surface area contributed by atoms with Gasteiger partial charge in [-0.2, -0.15) is 0 Å². The molecule has 1 aromatic rings. The van der Waals surface area contributed by atoms with E-state index in [0.717, 1.165) is 24.8 Å². The monoisotopic (exact) mass is 326 g/mol. The van der Waals surface area contributed by atoms with Gasteiger partial charge in [0.2, 0.25) is 15.9 Å². The second-order valence-corrected chi connectivity index (χ2v) is 7.34. The molecule has 0 aliphatic rings. The molecule has 1 rings (SSSR count). The number of hydrogen-bond acceptors (Lipinski definition) is 3. The summed E-state index contributed by atoms with van der Waals surface area (Å²) in [6.07, 6.45) is 4.46. The maximum atomic E-state index is 12.0. The van der Waals surface area contributed by atoms with E-state index in [1.165, 1.54) is 10.6 Å². The average molecular weight is 326 g/mol. The van der Waals surface area contributed by atoms with Crippen LogP contribution >= 0.6 is 0 Å². The Hall–Kier alpha value is -1.56. The van der Waals surface area contributed by atoms with E-state index in [4.69, 9.17) is 0 Å². The van der Waals surface area contributed by atoms with Gasteiger partial charge < -0.3 is 5.32 Å². The summed E-state index contributed by atoms with van der Waals surface area (Å²) in [5.74, 6) is -0.113. The van der Waals surface area contributed by atoms with E-state index in [-0.39, 0.29) is 18.9 Å². The summed E-state index contributed by atoms with van der Waals surface area (Å²) in [6, 6.07) is 7.28. The van der Waals surface area contributed by atoms with Crippen LogP contribution in [0.5, 0.6) is 0 Å². The predicted molar refractivity (Wildman–Crippen MR) is 90.5 cm³/mol. The van der Waals surface area contributed by atoms with Gasteiger partial charge in [0.15, 0.2) is 0 Å². The molecule has 0 aliphatic heterocycles. The van der Waals surface area contributed by atoms with Gasteiger partial charge >= 0.3 is 0 Å². The van der Waals surface area contributed by atoms with Crippen LogP contribution in [-0.4, -0.2) is 33.7 Å². The standard InChI is InChI=1S/C16H26N2O3S/c1-4-5-8-12-17-16(19)11-13-18(22(3,20)21)15-10-7-6-9-14(15)2/h6-7,9-10H,4-5,8,11-13H2,1-3H3,(H,17,19). The molecule has 0 saturated carbocycles. The second kappa shape index (κ2) is 8.78. The number of carbonyl (C=O) groups excluding carboxylic acids is 1. The number of anilines is 1. The Kier molecular flexibility index (Phi) is 7.38. The number of aryl methyl sites for hydroxylation is 1. The van der Waals surface area contributed by atoms with Gasteiger partial charge in [-0.3, -0.25) is 9.10 Å². The van der Waals surface area contributed by atoms with E-state index < -0.39 is 10.0 Å². The third kappa shape index (κ3) is 6.05. The highest BCUT2D eigenvalue weighted by molar-refractivity contribution is 7.92. The highest BCUT2D eigenvalue weighted by atomic mass is 32.2. The molecule has 0 bridgehead atoms. The molecule has 0 fully saturated rings. The normalized spacial score (nSPS) is 11.2. The Balaban J connectivity index is 2.65. The molecule has 0 unspecified atom stereocenters. The van der Waals surface area contributed by atoms with Crippen molar-refractivity contribution < 1.29 is 13.2 Å². The molecule has 0 saturated heterocycles. The molecule has 0 spiro atoms. The highest BCUT2D eigenvalue weighted by Crippen LogP contribution is 2.22. The van der Waals surface area contributed by atoms with E-state index >= 15 is 0 Å². The first-order valence-corrected chi connectivity index (χ1v) is 9.51. The maximum Gasteiger partial charge on any atom is 0.232 e. The molecule has 0 atom stereocenters. The van der Waals surface area contributed by atoms with Crippen molar-refractivity contribution in [2.45, 2.75) is 39.5 Å². The number of amides is 1. The third-order valence-corrected chi connectivity index (χ3v) is 4.61. The molecule has 1 N–H and O–H groups in total. The first-order chi connectivity index (χ1) is 10.4. The van der Waals surface area contributed by atoms with Crippen molar-refractivity contribution in [1.82, 2.24) is 5.32 Å². The number of carbonyl (C=O) groups is 1. The first-order valence-electron chi connectivity index (χ1n) is 7.66. The Labute approximate surface area is 133 Å². The van der Waals surface area contributed by atoms with Gasteiger partial charge in [-0.25, -0.2) is 8.42 Å². The molecule has 124 valence electrons. The maximum absolute atomic E-state index is 12.0. The predicted octanol–water partition coefficient (Wildman–Crippen LogP) is 2.46. The third-order valence-electron chi connectivity index (χ3n) is 3.43. The van der Waals surface area contributed by atoms with E-state index in [0.29, 0.717) is 12.2 Å². The second-order valence-electron chi connectivity index (χ2n) is 5.43. The lowest BCUT2D eigenvalue weighted by molar-refractivity contribution is -0.120. The van der Waals surface area contributed by atoms with Crippen molar-refractivity contribution in [1.29, 1.82) is 0 Å². The van der Waals surface area contributed by atoms with Gasteiger partial charge in [0.05, 0.1) is 11.9 Å². The van der Waals surface area contributed by atoms with Crippen LogP contribution in [0.25, 0.3) is 0 Å². The molecule has 1 amide bonds. The highest BCUT2D eigenvalue weighted by Gasteiger charge is 2.19. The summed E-state index contributed by atoms with van der Waals surface area (Å²) >= 11 is 0. The summed E-state index contributed by atoms with van der Waals surface area (Å²) in [6.45, 7) is 4.77. The molecule has 0 aliphatic carbocycles. The number of para-hydroxylation sites is 1. The van der Waals surface area contributed by atoms with Crippen molar-refractivity contribution in [3.05, 3.63) is 29.8 Å². The number of rotatable bonds is 9. The van der Waals surface area contributed by atoms with Crippen molar-refractivity contribution in [3.63, 3.8) is 0 Å². The molecule has 5 nitrogen and oxygen atoms in total. The number of hydrogen-bond donors (Lipinski definition) is 1. The average Bonchev–Trinajstić information content (AvgIpc) is 2.44. The number of benzene rings is 1. The van der Waals surface area contributed by atoms with Gasteiger partial charge in [0, 0.05) is 19.5 Å². The summed E-state index contributed by atoms with van der Waals surface area (Å²) in [5, 5.41) is 2.83. The summed E-state index contributed by atoms with van der Waals surface area (Å²) in [5.41, 5.74) is 1.50. The number of unbranched alkanes of at least 4 members (excludes halogenated alkanes) is 2. The summed E-state index contributed by atoms with van der Waals surface area (Å²) in [4.78, 5) is 11.8. The molecular formula is C16H26N2O3S. The molecular weight excluding hydrogens is 300 g/mol. The van der Waals surface area contributed by atoms with E-state index in [1.807, 2.05) is 19.1 Å². The molecule has 6 heteroatoms. The van der Waals surface area contributed by atoms with Crippen molar-refractivity contribution in [2.75, 3.05) is 23.7 Å². The lowest BCUT2D eigenvalue weighted by Crippen LogP contribution is -2.35. The van der Waals surface area contributed by atoms with Crippen LogP contribution in [0.1, 0.15) is 38.2 Å². The van der Waals surface area contributed by atoms with Gasteiger partial charge in [0.25, 0.3) is 0 Å². The molecule has 0 heterocycles. The van der Waals surface area contributed by atoms with Crippen LogP contribution in [0.3, 0.4) is 0 Å². The minimum atomic E-state index is -3.41. The number of nitrogens with zero attached hydrogens (tertiary/aromatic N) is 1. The Bertz CT molecular complexity index is 585. The molecule has 0 aromatic heterocycles. The summed E-state index contributed by atoms with van der Waals surface area (Å²) in [7, 11) is -3.41. The van der Waals surface area contributed by atoms with Crippen molar-refractivity contribution in [3.8, 4) is 0 Å². The minimum absolute atomic E-state index is 0.113. The lowest BCUT2D eigenvalue weighted by Gasteiger charge is -2.23. The van der Waals surface area contributed by atoms with Gasteiger partial charge in [-0.15, -0.1) is 0 Å². The van der Waals surface area contributed by atoms with Crippen LogP contribution in [0.4, 0.5) is 5.69 Å². The van der Waals surface area contributed by atoms with Crippen LogP contribution in [0.15, 0.2) is 24.3 Å². The summed E-state index contributed by atoms with van der Waals surface area (Å²) < 4.78 is 25.3. The van der Waals surface area contributed by atoms with E-state index in [2.05, 4.69) is 12.2 Å². The van der Waals surface area contributed by atoms with Crippen LogP contribution in [0.2, 0.25) is 0 Å². The topological polar surface area (TPSA) is 66.5 Å². The largest absolute Gasteiger partial charge is 0.356 e. The van der Waals surface area contributed by atoms with Crippen LogP contribution in [0, 0.1) is 6.92 Å². The van der Waals surface area contributed by atoms with E-state index in [1.54, 1.807) is 12.1 Å².